The van der Waals surface area contributed by atoms with Crippen molar-refractivity contribution in [1.29, 1.82) is 0 Å². The molecule has 1 aromatic heterocycles. The van der Waals surface area contributed by atoms with Gasteiger partial charge < -0.3 is 10.0 Å². The fourth-order valence-corrected chi connectivity index (χ4v) is 1.71. The third-order valence-corrected chi connectivity index (χ3v) is 3.00. The minimum absolute atomic E-state index is 0.0979. The Kier molecular flexibility index (Phi) is 2.58. The molecule has 4 heteroatoms. The van der Waals surface area contributed by atoms with Crippen molar-refractivity contribution in [2.45, 2.75) is 25.3 Å². The van der Waals surface area contributed by atoms with E-state index in [-0.39, 0.29) is 5.69 Å². The van der Waals surface area contributed by atoms with Crippen molar-refractivity contribution in [3.63, 3.8) is 0 Å². The number of rotatable bonds is 3. The first-order valence-corrected chi connectivity index (χ1v) is 5.10. The maximum atomic E-state index is 10.6. The predicted molar refractivity (Wildman–Crippen MR) is 57.2 cm³/mol. The average Bonchev–Trinajstić information content (AvgIpc) is 2.15. The van der Waals surface area contributed by atoms with E-state index in [4.69, 9.17) is 5.11 Å². The molecule has 0 bridgehead atoms. The first-order chi connectivity index (χ1) is 7.18. The molecular weight excluding hydrogens is 192 g/mol. The molecule has 0 unspecified atom stereocenters. The van der Waals surface area contributed by atoms with Crippen LogP contribution >= 0.6 is 0 Å². The smallest absolute Gasteiger partial charge is 0.354 e. The van der Waals surface area contributed by atoms with Gasteiger partial charge in [-0.2, -0.15) is 0 Å². The molecule has 2 rings (SSSR count). The SMILES string of the molecule is CN(c1ccc(C(=O)O)nc1)C1CCC1. The highest BCUT2D eigenvalue weighted by Crippen LogP contribution is 2.27. The normalized spacial score (nSPS) is 15.8. The first-order valence-electron chi connectivity index (χ1n) is 5.10. The predicted octanol–water partition coefficient (Wildman–Crippen LogP) is 1.77. The van der Waals surface area contributed by atoms with Gasteiger partial charge in [0, 0.05) is 13.1 Å². The summed E-state index contributed by atoms with van der Waals surface area (Å²) in [6.07, 6.45) is 5.35. The summed E-state index contributed by atoms with van der Waals surface area (Å²) in [5.41, 5.74) is 1.09. The van der Waals surface area contributed by atoms with Gasteiger partial charge in [0.15, 0.2) is 0 Å². The summed E-state index contributed by atoms with van der Waals surface area (Å²) in [7, 11) is 2.03. The molecule has 0 aromatic carbocycles. The van der Waals surface area contributed by atoms with Gasteiger partial charge in [-0.1, -0.05) is 0 Å². The molecule has 0 atom stereocenters. The van der Waals surface area contributed by atoms with Crippen LogP contribution < -0.4 is 4.90 Å². The molecule has 1 aliphatic rings. The fourth-order valence-electron chi connectivity index (χ4n) is 1.71. The summed E-state index contributed by atoms with van der Waals surface area (Å²) < 4.78 is 0. The minimum atomic E-state index is -0.979. The number of anilines is 1. The Balaban J connectivity index is 2.11. The van der Waals surface area contributed by atoms with Crippen molar-refractivity contribution in [3.8, 4) is 0 Å². The van der Waals surface area contributed by atoms with Gasteiger partial charge in [0.05, 0.1) is 11.9 Å². The zero-order chi connectivity index (χ0) is 10.8. The highest BCUT2D eigenvalue weighted by molar-refractivity contribution is 5.85. The summed E-state index contributed by atoms with van der Waals surface area (Å²) in [5.74, 6) is -0.979. The van der Waals surface area contributed by atoms with Gasteiger partial charge in [0.25, 0.3) is 0 Å². The highest BCUT2D eigenvalue weighted by atomic mass is 16.4. The van der Waals surface area contributed by atoms with Gasteiger partial charge in [-0.3, -0.25) is 0 Å². The van der Waals surface area contributed by atoms with Crippen LogP contribution in [-0.4, -0.2) is 29.1 Å². The number of carbonyl (C=O) groups is 1. The molecule has 0 saturated heterocycles. The lowest BCUT2D eigenvalue weighted by Crippen LogP contribution is -2.37. The number of nitrogens with zero attached hydrogens (tertiary/aromatic N) is 2. The lowest BCUT2D eigenvalue weighted by Gasteiger charge is -2.36. The lowest BCUT2D eigenvalue weighted by molar-refractivity contribution is 0.0690. The zero-order valence-corrected chi connectivity index (χ0v) is 8.68. The minimum Gasteiger partial charge on any atom is -0.477 e. The van der Waals surface area contributed by atoms with Gasteiger partial charge >= 0.3 is 5.97 Å². The Hall–Kier alpha value is -1.58. The van der Waals surface area contributed by atoms with Crippen molar-refractivity contribution < 1.29 is 9.90 Å². The van der Waals surface area contributed by atoms with Gasteiger partial charge in [-0.15, -0.1) is 0 Å². The molecule has 0 radical (unpaired) electrons. The van der Waals surface area contributed by atoms with Crippen LogP contribution in [0.3, 0.4) is 0 Å². The molecule has 80 valence electrons. The third kappa shape index (κ3) is 1.93. The molecule has 15 heavy (non-hydrogen) atoms. The second-order valence-electron chi connectivity index (χ2n) is 3.90. The van der Waals surface area contributed by atoms with Gasteiger partial charge in [0.1, 0.15) is 5.69 Å². The Morgan fingerprint density at radius 1 is 1.53 bits per heavy atom. The number of pyridine rings is 1. The van der Waals surface area contributed by atoms with Gasteiger partial charge in [0.2, 0.25) is 0 Å². The molecule has 1 fully saturated rings. The van der Waals surface area contributed by atoms with Crippen molar-refractivity contribution in [3.05, 3.63) is 24.0 Å². The Morgan fingerprint density at radius 2 is 2.27 bits per heavy atom. The quantitative estimate of drug-likeness (QED) is 0.818. The summed E-state index contributed by atoms with van der Waals surface area (Å²) in [6.45, 7) is 0. The van der Waals surface area contributed by atoms with Crippen LogP contribution in [0.1, 0.15) is 29.8 Å². The molecule has 0 aliphatic heterocycles. The maximum Gasteiger partial charge on any atom is 0.354 e. The van der Waals surface area contributed by atoms with E-state index in [2.05, 4.69) is 9.88 Å². The maximum absolute atomic E-state index is 10.6. The number of aromatic carboxylic acids is 1. The third-order valence-electron chi connectivity index (χ3n) is 3.00. The van der Waals surface area contributed by atoms with E-state index in [1.54, 1.807) is 12.3 Å². The van der Waals surface area contributed by atoms with Crippen molar-refractivity contribution in [2.75, 3.05) is 11.9 Å². The average molecular weight is 206 g/mol. The standard InChI is InChI=1S/C11H14N2O2/c1-13(8-3-2-4-8)9-5-6-10(11(14)15)12-7-9/h5-8H,2-4H2,1H3,(H,14,15). The Morgan fingerprint density at radius 3 is 2.67 bits per heavy atom. The van der Waals surface area contributed by atoms with E-state index in [9.17, 15) is 4.79 Å². The molecule has 0 spiro atoms. The van der Waals surface area contributed by atoms with Gasteiger partial charge in [-0.05, 0) is 31.4 Å². The molecule has 1 aromatic rings. The van der Waals surface area contributed by atoms with Crippen molar-refractivity contribution in [2.24, 2.45) is 0 Å². The molecule has 1 saturated carbocycles. The van der Waals surface area contributed by atoms with Crippen molar-refractivity contribution in [1.82, 2.24) is 4.98 Å². The number of hydrogen-bond donors (Lipinski definition) is 1. The van der Waals surface area contributed by atoms with E-state index >= 15 is 0 Å². The molecule has 1 N–H and O–H groups in total. The fraction of sp³-hybridized carbons (Fsp3) is 0.455. The van der Waals surface area contributed by atoms with Crippen LogP contribution in [0, 0.1) is 0 Å². The molecular formula is C11H14N2O2. The van der Waals surface area contributed by atoms with Gasteiger partial charge in [-0.25, -0.2) is 9.78 Å². The number of hydrogen-bond acceptors (Lipinski definition) is 3. The molecule has 0 amide bonds. The lowest BCUT2D eigenvalue weighted by atomic mass is 9.91. The number of aromatic nitrogens is 1. The van der Waals surface area contributed by atoms with Crippen LogP contribution in [0.2, 0.25) is 0 Å². The summed E-state index contributed by atoms with van der Waals surface area (Å²) in [5, 5.41) is 8.70. The highest BCUT2D eigenvalue weighted by Gasteiger charge is 2.22. The second-order valence-corrected chi connectivity index (χ2v) is 3.90. The van der Waals surface area contributed by atoms with Crippen LogP contribution in [-0.2, 0) is 0 Å². The summed E-state index contributed by atoms with van der Waals surface area (Å²) >= 11 is 0. The van der Waals surface area contributed by atoms with Crippen LogP contribution in [0.15, 0.2) is 18.3 Å². The first kappa shape index (κ1) is 9.96. The van der Waals surface area contributed by atoms with E-state index in [0.717, 1.165) is 5.69 Å². The summed E-state index contributed by atoms with van der Waals surface area (Å²) in [4.78, 5) is 16.7. The topological polar surface area (TPSA) is 53.4 Å². The van der Waals surface area contributed by atoms with E-state index in [0.29, 0.717) is 6.04 Å². The second kappa shape index (κ2) is 3.88. The van der Waals surface area contributed by atoms with E-state index < -0.39 is 5.97 Å². The van der Waals surface area contributed by atoms with Crippen LogP contribution in [0.25, 0.3) is 0 Å². The largest absolute Gasteiger partial charge is 0.477 e. The van der Waals surface area contributed by atoms with Crippen LogP contribution in [0.4, 0.5) is 5.69 Å². The number of carboxylic acids is 1. The van der Waals surface area contributed by atoms with E-state index in [1.165, 1.54) is 19.3 Å². The summed E-state index contributed by atoms with van der Waals surface area (Å²) in [6, 6.07) is 3.96. The Labute approximate surface area is 88.6 Å². The van der Waals surface area contributed by atoms with E-state index in [1.807, 2.05) is 13.1 Å². The zero-order valence-electron chi connectivity index (χ0n) is 8.68. The number of carboxylic acid groups (broad SMARTS) is 1. The molecule has 1 aliphatic carbocycles. The Bertz CT molecular complexity index is 357. The molecule has 4 nitrogen and oxygen atoms in total. The van der Waals surface area contributed by atoms with Crippen molar-refractivity contribution >= 4 is 11.7 Å². The monoisotopic (exact) mass is 206 g/mol. The molecule has 1 heterocycles. The van der Waals surface area contributed by atoms with Crippen LogP contribution in [0.5, 0.6) is 0 Å².